The lowest BCUT2D eigenvalue weighted by molar-refractivity contribution is 0.101. The number of aromatic nitrogens is 2. The summed E-state index contributed by atoms with van der Waals surface area (Å²) in [4.78, 5) is 11.0. The van der Waals surface area contributed by atoms with E-state index in [1.165, 1.54) is 19.3 Å². The van der Waals surface area contributed by atoms with Crippen LogP contribution in [0.3, 0.4) is 0 Å². The van der Waals surface area contributed by atoms with Gasteiger partial charge in [0, 0.05) is 19.7 Å². The minimum absolute atomic E-state index is 0.0485. The maximum atomic E-state index is 11.0. The first-order valence-corrected chi connectivity index (χ1v) is 4.80. The molecule has 0 spiro atoms. The normalized spacial score (nSPS) is 17.0. The van der Waals surface area contributed by atoms with E-state index in [9.17, 15) is 4.79 Å². The Morgan fingerprint density at radius 1 is 1.69 bits per heavy atom. The molecule has 0 aliphatic heterocycles. The molecular formula is C10H14N2O. The number of carbonyl (C=O) groups excluding carboxylic acids is 1. The number of rotatable bonds is 3. The predicted molar refractivity (Wildman–Crippen MR) is 49.6 cm³/mol. The molecule has 0 saturated heterocycles. The second-order valence-corrected chi connectivity index (χ2v) is 3.78. The Kier molecular flexibility index (Phi) is 2.17. The fourth-order valence-corrected chi connectivity index (χ4v) is 1.59. The molecule has 1 aliphatic rings. The van der Waals surface area contributed by atoms with E-state index in [0.717, 1.165) is 12.5 Å². The van der Waals surface area contributed by atoms with E-state index in [0.29, 0.717) is 5.69 Å². The van der Waals surface area contributed by atoms with Crippen molar-refractivity contribution in [3.8, 4) is 0 Å². The molecule has 13 heavy (non-hydrogen) atoms. The van der Waals surface area contributed by atoms with Crippen LogP contribution in [0.4, 0.5) is 0 Å². The van der Waals surface area contributed by atoms with Crippen molar-refractivity contribution in [3.63, 3.8) is 0 Å². The highest BCUT2D eigenvalue weighted by Gasteiger charge is 2.18. The second kappa shape index (κ2) is 3.32. The summed E-state index contributed by atoms with van der Waals surface area (Å²) in [7, 11) is 0. The van der Waals surface area contributed by atoms with Gasteiger partial charge in [-0.15, -0.1) is 0 Å². The lowest BCUT2D eigenvalue weighted by atomic mass is 9.85. The van der Waals surface area contributed by atoms with Crippen LogP contribution in [0.2, 0.25) is 0 Å². The van der Waals surface area contributed by atoms with E-state index in [1.54, 1.807) is 13.0 Å². The zero-order valence-corrected chi connectivity index (χ0v) is 7.86. The van der Waals surface area contributed by atoms with E-state index >= 15 is 0 Å². The van der Waals surface area contributed by atoms with Crippen molar-refractivity contribution in [3.05, 3.63) is 18.0 Å². The molecule has 1 aromatic heterocycles. The molecule has 0 unspecified atom stereocenters. The van der Waals surface area contributed by atoms with Gasteiger partial charge in [-0.1, -0.05) is 6.42 Å². The zero-order chi connectivity index (χ0) is 9.26. The van der Waals surface area contributed by atoms with Gasteiger partial charge < -0.3 is 0 Å². The minimum Gasteiger partial charge on any atom is -0.293 e. The highest BCUT2D eigenvalue weighted by atomic mass is 16.1. The third-order valence-electron chi connectivity index (χ3n) is 2.67. The van der Waals surface area contributed by atoms with Gasteiger partial charge >= 0.3 is 0 Å². The molecule has 1 saturated carbocycles. The molecule has 0 atom stereocenters. The van der Waals surface area contributed by atoms with Crippen LogP contribution in [-0.4, -0.2) is 15.6 Å². The molecule has 0 aromatic carbocycles. The van der Waals surface area contributed by atoms with Crippen molar-refractivity contribution in [2.45, 2.75) is 32.7 Å². The van der Waals surface area contributed by atoms with Crippen molar-refractivity contribution in [1.29, 1.82) is 0 Å². The van der Waals surface area contributed by atoms with Crippen LogP contribution in [0.1, 0.15) is 36.7 Å². The van der Waals surface area contributed by atoms with E-state index in [1.807, 2.05) is 10.9 Å². The monoisotopic (exact) mass is 178 g/mol. The number of hydrogen-bond donors (Lipinski definition) is 0. The first-order chi connectivity index (χ1) is 6.25. The summed E-state index contributed by atoms with van der Waals surface area (Å²) in [6.45, 7) is 2.53. The summed E-state index contributed by atoms with van der Waals surface area (Å²) in [5, 5.41) is 4.20. The third-order valence-corrected chi connectivity index (χ3v) is 2.67. The third kappa shape index (κ3) is 1.79. The highest BCUT2D eigenvalue weighted by Crippen LogP contribution is 2.27. The molecule has 1 heterocycles. The van der Waals surface area contributed by atoms with Crippen molar-refractivity contribution in [2.24, 2.45) is 5.92 Å². The van der Waals surface area contributed by atoms with Gasteiger partial charge in [-0.3, -0.25) is 9.48 Å². The molecular weight excluding hydrogens is 164 g/mol. The van der Waals surface area contributed by atoms with E-state index in [2.05, 4.69) is 5.10 Å². The Hall–Kier alpha value is -1.12. The standard InChI is InChI=1S/C10H14N2O/c1-8(13)10-5-6-12(11-10)7-9-3-2-4-9/h5-6,9H,2-4,7H2,1H3. The van der Waals surface area contributed by atoms with Crippen LogP contribution < -0.4 is 0 Å². The number of nitrogens with zero attached hydrogens (tertiary/aromatic N) is 2. The number of Topliss-reactive ketones (excluding diaryl/α,β-unsaturated/α-hetero) is 1. The number of ketones is 1. The van der Waals surface area contributed by atoms with Crippen LogP contribution in [0.5, 0.6) is 0 Å². The molecule has 0 amide bonds. The van der Waals surface area contributed by atoms with Gasteiger partial charge in [-0.25, -0.2) is 0 Å². The molecule has 2 rings (SSSR count). The first kappa shape index (κ1) is 8.48. The van der Waals surface area contributed by atoms with Gasteiger partial charge in [-0.2, -0.15) is 5.10 Å². The van der Waals surface area contributed by atoms with Gasteiger partial charge in [0.1, 0.15) is 5.69 Å². The summed E-state index contributed by atoms with van der Waals surface area (Å²) in [6, 6.07) is 1.79. The molecule has 0 N–H and O–H groups in total. The van der Waals surface area contributed by atoms with Crippen LogP contribution in [-0.2, 0) is 6.54 Å². The van der Waals surface area contributed by atoms with E-state index in [4.69, 9.17) is 0 Å². The van der Waals surface area contributed by atoms with Gasteiger partial charge in [0.2, 0.25) is 0 Å². The van der Waals surface area contributed by atoms with Crippen molar-refractivity contribution >= 4 is 5.78 Å². The highest BCUT2D eigenvalue weighted by molar-refractivity contribution is 5.91. The molecule has 0 bridgehead atoms. The average molecular weight is 178 g/mol. The molecule has 70 valence electrons. The Balaban J connectivity index is 2.00. The quantitative estimate of drug-likeness (QED) is 0.662. The second-order valence-electron chi connectivity index (χ2n) is 3.78. The van der Waals surface area contributed by atoms with Crippen LogP contribution >= 0.6 is 0 Å². The summed E-state index contributed by atoms with van der Waals surface area (Å²) in [5.74, 6) is 0.840. The Bertz CT molecular complexity index is 312. The molecule has 3 nitrogen and oxygen atoms in total. The Morgan fingerprint density at radius 3 is 2.92 bits per heavy atom. The van der Waals surface area contributed by atoms with Crippen molar-refractivity contribution in [2.75, 3.05) is 0 Å². The average Bonchev–Trinajstić information content (AvgIpc) is 2.44. The van der Waals surface area contributed by atoms with Crippen molar-refractivity contribution < 1.29 is 4.79 Å². The fourth-order valence-electron chi connectivity index (χ4n) is 1.59. The molecule has 3 heteroatoms. The van der Waals surface area contributed by atoms with Crippen LogP contribution in [0.25, 0.3) is 0 Å². The maximum Gasteiger partial charge on any atom is 0.179 e. The predicted octanol–water partition coefficient (Wildman–Crippen LogP) is 1.89. The molecule has 1 aliphatic carbocycles. The largest absolute Gasteiger partial charge is 0.293 e. The van der Waals surface area contributed by atoms with Gasteiger partial charge in [-0.05, 0) is 24.8 Å². The lowest BCUT2D eigenvalue weighted by Crippen LogP contribution is -2.18. The Labute approximate surface area is 77.7 Å². The van der Waals surface area contributed by atoms with E-state index in [-0.39, 0.29) is 5.78 Å². The van der Waals surface area contributed by atoms with Crippen LogP contribution in [0, 0.1) is 5.92 Å². The van der Waals surface area contributed by atoms with Crippen molar-refractivity contribution in [1.82, 2.24) is 9.78 Å². The van der Waals surface area contributed by atoms with E-state index < -0.39 is 0 Å². The SMILES string of the molecule is CC(=O)c1ccn(CC2CCC2)n1. The lowest BCUT2D eigenvalue weighted by Gasteiger charge is -2.24. The minimum atomic E-state index is 0.0485. The van der Waals surface area contributed by atoms with Gasteiger partial charge in [0.05, 0.1) is 0 Å². The fraction of sp³-hybridized carbons (Fsp3) is 0.600. The van der Waals surface area contributed by atoms with Gasteiger partial charge in [0.25, 0.3) is 0 Å². The summed E-state index contributed by atoms with van der Waals surface area (Å²) in [5.41, 5.74) is 0.583. The molecule has 1 fully saturated rings. The molecule has 1 aromatic rings. The topological polar surface area (TPSA) is 34.9 Å². The van der Waals surface area contributed by atoms with Crippen LogP contribution in [0.15, 0.2) is 12.3 Å². The first-order valence-electron chi connectivity index (χ1n) is 4.80. The Morgan fingerprint density at radius 2 is 2.46 bits per heavy atom. The summed E-state index contributed by atoms with van der Waals surface area (Å²) >= 11 is 0. The number of hydrogen-bond acceptors (Lipinski definition) is 2. The molecule has 0 radical (unpaired) electrons. The smallest absolute Gasteiger partial charge is 0.179 e. The zero-order valence-electron chi connectivity index (χ0n) is 7.86. The maximum absolute atomic E-state index is 11.0. The van der Waals surface area contributed by atoms with Gasteiger partial charge in [0.15, 0.2) is 5.78 Å². The summed E-state index contributed by atoms with van der Waals surface area (Å²) in [6.07, 6.45) is 5.88. The summed E-state index contributed by atoms with van der Waals surface area (Å²) < 4.78 is 1.89. The number of carbonyl (C=O) groups is 1.